The van der Waals surface area contributed by atoms with E-state index in [1.165, 1.54) is 64.6 Å². The quantitative estimate of drug-likeness (QED) is 0.0253. The van der Waals surface area contributed by atoms with E-state index in [0.717, 1.165) is 0 Å². The van der Waals surface area contributed by atoms with Gasteiger partial charge in [0.2, 0.25) is 17.5 Å². The van der Waals surface area contributed by atoms with Gasteiger partial charge in [-0.1, -0.05) is 24.3 Å². The summed E-state index contributed by atoms with van der Waals surface area (Å²) in [5, 5.41) is 112. The van der Waals surface area contributed by atoms with Gasteiger partial charge in [0.05, 0.1) is 103 Å². The van der Waals surface area contributed by atoms with E-state index < -0.39 is 240 Å². The maximum Gasteiger partial charge on any atom is 0.333 e. The van der Waals surface area contributed by atoms with Gasteiger partial charge in [0.1, 0.15) is 65.0 Å². The minimum atomic E-state index is -2.39. The van der Waals surface area contributed by atoms with Crippen molar-refractivity contribution in [3.05, 3.63) is 103 Å². The predicted molar refractivity (Wildman–Crippen MR) is 334 cm³/mol. The van der Waals surface area contributed by atoms with Crippen LogP contribution < -0.4 is 26.3 Å². The molecule has 15 N–H and O–H groups in total. The highest BCUT2D eigenvalue weighted by atomic mass is 16.7. The summed E-state index contributed by atoms with van der Waals surface area (Å²) in [6.07, 6.45) is -12.5. The molecule has 4 aliphatic carbocycles. The van der Waals surface area contributed by atoms with Gasteiger partial charge in [-0.25, -0.2) is 4.79 Å². The molecule has 34 heteroatoms. The minimum Gasteiger partial charge on any atom is -0.507 e. The zero-order valence-electron chi connectivity index (χ0n) is 54.9. The maximum absolute atomic E-state index is 13.9. The Kier molecular flexibility index (Phi) is 22.7. The molecule has 8 aliphatic rings. The van der Waals surface area contributed by atoms with Gasteiger partial charge in [-0.3, -0.25) is 52.7 Å². The number of aliphatic hydroxyl groups excluding tert-OH is 4. The van der Waals surface area contributed by atoms with Gasteiger partial charge in [-0.15, -0.1) is 5.06 Å². The summed E-state index contributed by atoms with van der Waals surface area (Å²) < 4.78 is 38.3. The van der Waals surface area contributed by atoms with Gasteiger partial charge < -0.3 is 106 Å². The number of nitrogens with two attached hydrogens (primary N) is 2. The number of carbonyl (C=O) groups is 12. The summed E-state index contributed by atoms with van der Waals surface area (Å²) in [5.41, 5.74) is 2.53. The van der Waals surface area contributed by atoms with Crippen LogP contribution in [-0.4, -0.2) is 221 Å². The number of imide groups is 1. The molecular formula is C67H74N4O30. The number of fused-ring (bicyclic) bond motifs is 6. The van der Waals surface area contributed by atoms with Gasteiger partial charge in [-0.05, 0) is 33.0 Å². The van der Waals surface area contributed by atoms with Crippen molar-refractivity contribution in [2.45, 2.75) is 163 Å². The first-order valence-corrected chi connectivity index (χ1v) is 31.7. The second kappa shape index (κ2) is 30.3. The molecule has 0 saturated carbocycles. The summed E-state index contributed by atoms with van der Waals surface area (Å²) in [5.74, 6) is -12.0. The number of ketones is 6. The molecular weight excluding hydrogens is 1340 g/mol. The lowest BCUT2D eigenvalue weighted by Gasteiger charge is -2.43. The number of phenols is 4. The van der Waals surface area contributed by atoms with Gasteiger partial charge in [-0.2, -0.15) is 0 Å². The van der Waals surface area contributed by atoms with E-state index in [9.17, 15) is 109 Å². The van der Waals surface area contributed by atoms with Crippen LogP contribution in [-0.2, 0) is 79.7 Å². The van der Waals surface area contributed by atoms with Crippen molar-refractivity contribution in [3.63, 3.8) is 0 Å². The molecule has 0 aromatic heterocycles. The van der Waals surface area contributed by atoms with Gasteiger partial charge in [0, 0.05) is 97.2 Å². The molecule has 0 bridgehead atoms. The van der Waals surface area contributed by atoms with Crippen molar-refractivity contribution in [3.8, 4) is 34.5 Å². The lowest BCUT2D eigenvalue weighted by molar-refractivity contribution is -0.249. The van der Waals surface area contributed by atoms with E-state index in [4.69, 9.17) is 39.0 Å². The van der Waals surface area contributed by atoms with Crippen molar-refractivity contribution < 1.29 is 147 Å². The summed E-state index contributed by atoms with van der Waals surface area (Å²) in [6, 6.07) is 6.80. The average molecular weight is 1420 g/mol. The number of amides is 3. The molecule has 3 amide bonds. The molecule has 101 heavy (non-hydrogen) atoms. The number of hydrogen-bond acceptors (Lipinski definition) is 32. The number of nitrogens with one attached hydrogen (secondary N) is 1. The number of hydroxylamine groups is 2. The lowest BCUT2D eigenvalue weighted by atomic mass is 9.72. The first-order chi connectivity index (χ1) is 47.8. The van der Waals surface area contributed by atoms with Crippen LogP contribution in [0.2, 0.25) is 0 Å². The third kappa shape index (κ3) is 14.4. The summed E-state index contributed by atoms with van der Waals surface area (Å²) in [6.45, 7) is 0.899. The summed E-state index contributed by atoms with van der Waals surface area (Å²) >= 11 is 0. The monoisotopic (exact) mass is 1410 g/mol. The number of carbonyl (C=O) groups excluding carboxylic acids is 12. The Bertz CT molecular complexity index is 4050. The number of benzene rings is 4. The fourth-order valence-electron chi connectivity index (χ4n) is 13.3. The fourth-order valence-corrected chi connectivity index (χ4v) is 13.3. The number of rotatable bonds is 15. The maximum atomic E-state index is 13.9. The van der Waals surface area contributed by atoms with Crippen LogP contribution in [0.1, 0.15) is 176 Å². The van der Waals surface area contributed by atoms with E-state index in [0.29, 0.717) is 5.06 Å². The first kappa shape index (κ1) is 75.6. The molecule has 12 atom stereocenters. The number of phenolic OH excluding ortho intramolecular Hbond substituents is 4. The first-order valence-electron chi connectivity index (χ1n) is 31.7. The summed E-state index contributed by atoms with van der Waals surface area (Å²) in [7, 11) is 4.10. The second-order valence-corrected chi connectivity index (χ2v) is 24.7. The highest BCUT2D eigenvalue weighted by Gasteiger charge is 2.53. The van der Waals surface area contributed by atoms with Crippen LogP contribution in [0, 0.1) is 0 Å². The molecule has 4 aromatic carbocycles. The third-order valence-corrected chi connectivity index (χ3v) is 18.4. The molecule has 4 aromatic rings. The Morgan fingerprint density at radius 1 is 0.584 bits per heavy atom. The number of Topliss-reactive ketones (excluding diaryl/α,β-unsaturated/α-hetero) is 2. The van der Waals surface area contributed by atoms with Crippen molar-refractivity contribution in [1.29, 1.82) is 0 Å². The van der Waals surface area contributed by atoms with E-state index >= 15 is 0 Å². The van der Waals surface area contributed by atoms with Gasteiger partial charge in [0.25, 0.3) is 11.8 Å². The zero-order chi connectivity index (χ0) is 74.2. The number of methoxy groups -OCH3 is 2. The van der Waals surface area contributed by atoms with Crippen molar-refractivity contribution >= 4 is 70.3 Å². The number of ether oxygens (including phenoxy) is 7. The van der Waals surface area contributed by atoms with Gasteiger partial charge >= 0.3 is 17.9 Å². The average Bonchev–Trinajstić information content (AvgIpc) is 0.955. The largest absolute Gasteiger partial charge is 0.507 e. The number of nitrogens with zero attached hydrogens (tertiary/aromatic N) is 1. The van der Waals surface area contributed by atoms with Crippen LogP contribution in [0.5, 0.6) is 34.5 Å². The Balaban J connectivity index is 0.000000217. The molecule has 12 rings (SSSR count). The normalized spacial score (nSPS) is 26.8. The molecule has 4 saturated heterocycles. The number of esters is 2. The molecule has 542 valence electrons. The zero-order valence-corrected chi connectivity index (χ0v) is 54.9. The molecule has 4 fully saturated rings. The fraction of sp³-hybridized carbons (Fsp3) is 0.463. The highest BCUT2D eigenvalue weighted by molar-refractivity contribution is 6.32. The van der Waals surface area contributed by atoms with Crippen molar-refractivity contribution in [1.82, 2.24) is 10.4 Å². The van der Waals surface area contributed by atoms with Crippen LogP contribution in [0.15, 0.2) is 36.4 Å². The molecule has 0 spiro atoms. The van der Waals surface area contributed by atoms with E-state index in [-0.39, 0.29) is 94.5 Å². The van der Waals surface area contributed by atoms with Crippen LogP contribution in [0.4, 0.5) is 0 Å². The number of aliphatic hydroxyl groups is 6. The Morgan fingerprint density at radius 3 is 1.40 bits per heavy atom. The molecule has 4 heterocycles. The molecule has 34 nitrogen and oxygen atoms in total. The van der Waals surface area contributed by atoms with E-state index in [2.05, 4.69) is 15.8 Å². The molecule has 0 radical (unpaired) electrons. The minimum absolute atomic E-state index is 0.0173. The topological polar surface area (TPSA) is 548 Å². The summed E-state index contributed by atoms with van der Waals surface area (Å²) in [4.78, 5) is 153. The standard InChI is InChI=1S/C35H36N2O16.C27H29NO11.C4H4O3.CH5N/c1-14-30(44)17(36-21(40)6-9-24(43)53-37-22(41)7-8-23(37)42)10-25(51-14)52-19-12-35(49,20(39)13-38)11-16-27(19)34(48)29-28(32(16)46)31(45)15-4-3-5-18(50-2)26(15)33(29)47;1-10-22(31)13(28)6-17(38-10)39-15-8-27(36,16(30)9-29)7-12-19(15)26(35)21-20(24(12)33)23(32)11-4-3-5-14(37-2)18(11)25(21)34;5-3-1-2-4(6)7-3;1-2/h3-5,14,17,19,25,30,38,44,46,48-49H,6-13H2,1-2H3,(H,36,40);3-5,10,13,15,17,22,29,31,33,35-36H,6-9,28H2,1-2H3;1-2H2;2H2,1H3/t14-,17-,19-,25?,30+,35-;10-,13-,15-,17?,22+,27-;;/m00../s1. The SMILES string of the molecule is CN.COc1cccc2c1C(=O)c1c(O)c3c(c(O)c1C2=O)C[C@@](O)(C(=O)CO)C[C@@H]3OC1C[C@H](N)[C@H](O)[C@H](C)O1.COc1cccc2c1C(=O)c1c(O)c3c(c(O)c1C2=O)C[C@@](O)(C(=O)CO)C[C@@H]3OC1C[C@H](NC(=O)CCC(=O)ON2C(=O)CCC2=O)[C@H](O)[C@H](C)O1.O=C1CCC(=O)O1. The van der Waals surface area contributed by atoms with Crippen LogP contribution in [0.3, 0.4) is 0 Å². The Hall–Kier alpha value is -9.56. The lowest BCUT2D eigenvalue weighted by Crippen LogP contribution is -2.56. The van der Waals surface area contributed by atoms with Gasteiger partial charge in [0.15, 0.2) is 35.7 Å². The van der Waals surface area contributed by atoms with E-state index in [1.807, 2.05) is 0 Å². The van der Waals surface area contributed by atoms with Crippen LogP contribution >= 0.6 is 0 Å². The smallest absolute Gasteiger partial charge is 0.333 e. The van der Waals surface area contributed by atoms with E-state index in [1.54, 1.807) is 6.92 Å². The highest BCUT2D eigenvalue weighted by Crippen LogP contribution is 2.55. The Labute approximate surface area is 572 Å². The van der Waals surface area contributed by atoms with Crippen molar-refractivity contribution in [2.24, 2.45) is 11.5 Å². The second-order valence-electron chi connectivity index (χ2n) is 24.7. The third-order valence-electron chi connectivity index (χ3n) is 18.4. The number of aromatic hydroxyl groups is 4. The Morgan fingerprint density at radius 2 is 1.00 bits per heavy atom. The number of cyclic esters (lactones) is 2. The predicted octanol–water partition coefficient (Wildman–Crippen LogP) is -1.03. The molecule has 4 aliphatic heterocycles. The van der Waals surface area contributed by atoms with Crippen molar-refractivity contribution in [2.75, 3.05) is 34.5 Å². The van der Waals surface area contributed by atoms with Crippen LogP contribution in [0.25, 0.3) is 0 Å². The number of hydrogen-bond donors (Lipinski definition) is 13. The molecule has 2 unspecified atom stereocenters.